The Morgan fingerprint density at radius 1 is 1.47 bits per heavy atom. The third-order valence-corrected chi connectivity index (χ3v) is 3.83. The molecule has 17 heavy (non-hydrogen) atoms. The lowest BCUT2D eigenvalue weighted by Gasteiger charge is -2.19. The van der Waals surface area contributed by atoms with Crippen molar-refractivity contribution < 1.29 is 4.74 Å². The van der Waals surface area contributed by atoms with Gasteiger partial charge in [-0.05, 0) is 55.5 Å². The van der Waals surface area contributed by atoms with Crippen LogP contribution in [0.25, 0.3) is 0 Å². The van der Waals surface area contributed by atoms with Crippen LogP contribution in [-0.4, -0.2) is 19.7 Å². The van der Waals surface area contributed by atoms with Gasteiger partial charge in [-0.15, -0.1) is 0 Å². The van der Waals surface area contributed by atoms with Gasteiger partial charge in [-0.3, -0.25) is 0 Å². The zero-order valence-corrected chi connectivity index (χ0v) is 12.1. The molecule has 0 amide bonds. The van der Waals surface area contributed by atoms with Crippen molar-refractivity contribution in [2.45, 2.75) is 32.2 Å². The van der Waals surface area contributed by atoms with Gasteiger partial charge in [-0.25, -0.2) is 0 Å². The van der Waals surface area contributed by atoms with Crippen LogP contribution in [0.5, 0.6) is 5.75 Å². The zero-order chi connectivity index (χ0) is 12.3. The second-order valence-electron chi connectivity index (χ2n) is 4.66. The minimum Gasteiger partial charge on any atom is -0.496 e. The molecular formula is C14H20BrNO. The van der Waals surface area contributed by atoms with Gasteiger partial charge < -0.3 is 10.1 Å². The second kappa shape index (κ2) is 5.87. The van der Waals surface area contributed by atoms with Crippen LogP contribution in [0.3, 0.4) is 0 Å². The number of hydrogen-bond donors (Lipinski definition) is 1. The van der Waals surface area contributed by atoms with Gasteiger partial charge in [0.15, 0.2) is 0 Å². The van der Waals surface area contributed by atoms with Gasteiger partial charge >= 0.3 is 0 Å². The highest BCUT2D eigenvalue weighted by atomic mass is 79.9. The fourth-order valence-electron chi connectivity index (χ4n) is 2.31. The summed E-state index contributed by atoms with van der Waals surface area (Å²) in [5.74, 6) is 1.86. The van der Waals surface area contributed by atoms with E-state index in [-0.39, 0.29) is 0 Å². The molecule has 0 saturated heterocycles. The van der Waals surface area contributed by atoms with Crippen molar-refractivity contribution in [3.63, 3.8) is 0 Å². The second-order valence-corrected chi connectivity index (χ2v) is 5.58. The molecule has 1 fully saturated rings. The van der Waals surface area contributed by atoms with Crippen molar-refractivity contribution >= 4 is 15.9 Å². The van der Waals surface area contributed by atoms with Crippen molar-refractivity contribution in [3.8, 4) is 5.75 Å². The monoisotopic (exact) mass is 297 g/mol. The normalized spacial score (nSPS) is 16.9. The largest absolute Gasteiger partial charge is 0.496 e. The Morgan fingerprint density at radius 3 is 2.82 bits per heavy atom. The number of ether oxygens (including phenoxy) is 1. The van der Waals surface area contributed by atoms with Gasteiger partial charge in [0.1, 0.15) is 5.75 Å². The summed E-state index contributed by atoms with van der Waals surface area (Å²) in [7, 11) is 1.74. The Hall–Kier alpha value is -0.540. The lowest BCUT2D eigenvalue weighted by molar-refractivity contribution is 0.401. The number of rotatable bonds is 6. The molecular weight excluding hydrogens is 278 g/mol. The molecule has 0 bridgehead atoms. The van der Waals surface area contributed by atoms with E-state index < -0.39 is 0 Å². The van der Waals surface area contributed by atoms with Crippen LogP contribution in [0, 0.1) is 5.92 Å². The Bertz CT molecular complexity index is 376. The summed E-state index contributed by atoms with van der Waals surface area (Å²) in [5.41, 5.74) is 1.29. The number of halogens is 1. The lowest BCUT2D eigenvalue weighted by atomic mass is 10.0. The quantitative estimate of drug-likeness (QED) is 0.869. The predicted molar refractivity (Wildman–Crippen MR) is 74.6 cm³/mol. The molecule has 0 radical (unpaired) electrons. The van der Waals surface area contributed by atoms with E-state index in [1.54, 1.807) is 7.11 Å². The first-order valence-corrected chi connectivity index (χ1v) is 7.09. The summed E-state index contributed by atoms with van der Waals surface area (Å²) >= 11 is 3.53. The Balaban J connectivity index is 2.11. The Labute approximate surface area is 112 Å². The average Bonchev–Trinajstić information content (AvgIpc) is 3.13. The molecule has 1 aliphatic rings. The van der Waals surface area contributed by atoms with E-state index in [2.05, 4.69) is 34.2 Å². The van der Waals surface area contributed by atoms with E-state index in [0.717, 1.165) is 29.1 Å². The van der Waals surface area contributed by atoms with Crippen molar-refractivity contribution in [3.05, 3.63) is 28.2 Å². The van der Waals surface area contributed by atoms with Crippen LogP contribution < -0.4 is 10.1 Å². The van der Waals surface area contributed by atoms with Gasteiger partial charge in [0, 0.05) is 10.5 Å². The summed E-state index contributed by atoms with van der Waals surface area (Å²) in [5, 5.41) is 3.59. The highest BCUT2D eigenvalue weighted by molar-refractivity contribution is 9.10. The number of nitrogens with one attached hydrogen (secondary N) is 1. The third kappa shape index (κ3) is 3.46. The maximum atomic E-state index is 5.43. The van der Waals surface area contributed by atoms with E-state index in [0.29, 0.717) is 6.04 Å². The van der Waals surface area contributed by atoms with Crippen molar-refractivity contribution in [1.29, 1.82) is 0 Å². The third-order valence-electron chi connectivity index (χ3n) is 3.34. The van der Waals surface area contributed by atoms with Crippen molar-refractivity contribution in [2.75, 3.05) is 13.7 Å². The van der Waals surface area contributed by atoms with E-state index in [9.17, 15) is 0 Å². The van der Waals surface area contributed by atoms with Crippen molar-refractivity contribution in [2.24, 2.45) is 5.92 Å². The maximum absolute atomic E-state index is 5.43. The molecule has 3 heteroatoms. The number of benzene rings is 1. The number of methoxy groups -OCH3 is 1. The lowest BCUT2D eigenvalue weighted by Crippen LogP contribution is -2.33. The summed E-state index contributed by atoms with van der Waals surface area (Å²) < 4.78 is 6.56. The van der Waals surface area contributed by atoms with Crippen LogP contribution in [0.1, 0.15) is 25.3 Å². The molecule has 0 spiro atoms. The fourth-order valence-corrected chi connectivity index (χ4v) is 2.72. The molecule has 0 aromatic heterocycles. The van der Waals surface area contributed by atoms with Gasteiger partial charge in [-0.2, -0.15) is 0 Å². The van der Waals surface area contributed by atoms with E-state index in [4.69, 9.17) is 4.74 Å². The molecule has 1 atom stereocenters. The molecule has 2 rings (SSSR count). The molecule has 1 unspecified atom stereocenters. The topological polar surface area (TPSA) is 21.3 Å². The SMILES string of the molecule is CCNC(Cc1cc(Br)ccc1OC)C1CC1. The van der Waals surface area contributed by atoms with Gasteiger partial charge in [0.05, 0.1) is 7.11 Å². The van der Waals surface area contributed by atoms with Crippen molar-refractivity contribution in [1.82, 2.24) is 5.32 Å². The average molecular weight is 298 g/mol. The zero-order valence-electron chi connectivity index (χ0n) is 10.5. The van der Waals surface area contributed by atoms with Crippen LogP contribution in [0.2, 0.25) is 0 Å². The molecule has 1 aliphatic carbocycles. The first kappa shape index (κ1) is 12.9. The van der Waals surface area contributed by atoms with E-state index in [1.165, 1.54) is 18.4 Å². The van der Waals surface area contributed by atoms with E-state index >= 15 is 0 Å². The highest BCUT2D eigenvalue weighted by Crippen LogP contribution is 2.35. The Kier molecular flexibility index (Phi) is 4.46. The first-order valence-electron chi connectivity index (χ1n) is 6.30. The highest BCUT2D eigenvalue weighted by Gasteiger charge is 2.31. The molecule has 94 valence electrons. The minimum absolute atomic E-state index is 0.600. The Morgan fingerprint density at radius 2 is 2.24 bits per heavy atom. The summed E-state index contributed by atoms with van der Waals surface area (Å²) in [4.78, 5) is 0. The van der Waals surface area contributed by atoms with E-state index in [1.807, 2.05) is 12.1 Å². The molecule has 1 saturated carbocycles. The van der Waals surface area contributed by atoms with Crippen LogP contribution >= 0.6 is 15.9 Å². The maximum Gasteiger partial charge on any atom is 0.122 e. The smallest absolute Gasteiger partial charge is 0.122 e. The molecule has 1 aromatic carbocycles. The fraction of sp³-hybridized carbons (Fsp3) is 0.571. The summed E-state index contributed by atoms with van der Waals surface area (Å²) in [6, 6.07) is 6.84. The van der Waals surface area contributed by atoms with Crippen LogP contribution in [-0.2, 0) is 6.42 Å². The minimum atomic E-state index is 0.600. The molecule has 1 aromatic rings. The summed E-state index contributed by atoms with van der Waals surface area (Å²) in [6.45, 7) is 3.21. The first-order chi connectivity index (χ1) is 8.24. The summed E-state index contributed by atoms with van der Waals surface area (Å²) in [6.07, 6.45) is 3.79. The van der Waals surface area contributed by atoms with Crippen LogP contribution in [0.15, 0.2) is 22.7 Å². The molecule has 2 nitrogen and oxygen atoms in total. The van der Waals surface area contributed by atoms with Gasteiger partial charge in [-0.1, -0.05) is 22.9 Å². The predicted octanol–water partition coefficient (Wildman–Crippen LogP) is 3.39. The standard InChI is InChI=1S/C14H20BrNO/c1-3-16-13(10-4-5-10)9-11-8-12(15)6-7-14(11)17-2/h6-8,10,13,16H,3-5,9H2,1-2H3. The van der Waals surface area contributed by atoms with Crippen LogP contribution in [0.4, 0.5) is 0 Å². The number of likely N-dealkylation sites (N-methyl/N-ethyl adjacent to an activating group) is 1. The van der Waals surface area contributed by atoms with Gasteiger partial charge in [0.25, 0.3) is 0 Å². The molecule has 1 N–H and O–H groups in total. The number of hydrogen-bond acceptors (Lipinski definition) is 2. The molecule has 0 heterocycles. The molecule has 0 aliphatic heterocycles. The van der Waals surface area contributed by atoms with Gasteiger partial charge in [0.2, 0.25) is 0 Å².